The van der Waals surface area contributed by atoms with Gasteiger partial charge in [-0.1, -0.05) is 18.2 Å². The molecule has 8 nitrogen and oxygen atoms in total. The highest BCUT2D eigenvalue weighted by molar-refractivity contribution is 5.91. The molecule has 0 bridgehead atoms. The van der Waals surface area contributed by atoms with E-state index in [9.17, 15) is 9.59 Å². The summed E-state index contributed by atoms with van der Waals surface area (Å²) in [5.74, 6) is 1.25. The second kappa shape index (κ2) is 11.3. The predicted molar refractivity (Wildman–Crippen MR) is 125 cm³/mol. The number of amides is 2. The molecule has 4 rings (SSSR count). The summed E-state index contributed by atoms with van der Waals surface area (Å²) in [6.07, 6.45) is 7.92. The van der Waals surface area contributed by atoms with Crippen LogP contribution >= 0.6 is 0 Å². The average Bonchev–Trinajstić information content (AvgIpc) is 3.31. The minimum absolute atomic E-state index is 0.0334. The first-order valence-corrected chi connectivity index (χ1v) is 11.4. The van der Waals surface area contributed by atoms with Crippen LogP contribution in [0.1, 0.15) is 24.8 Å². The Balaban J connectivity index is 1.16. The lowest BCUT2D eigenvalue weighted by Crippen LogP contribution is -2.41. The summed E-state index contributed by atoms with van der Waals surface area (Å²) in [4.78, 5) is 31.0. The van der Waals surface area contributed by atoms with Crippen LogP contribution in [0.3, 0.4) is 0 Å². The Morgan fingerprint density at radius 3 is 2.55 bits per heavy atom. The van der Waals surface area contributed by atoms with Crippen molar-refractivity contribution in [1.29, 1.82) is 0 Å². The molecule has 1 saturated heterocycles. The van der Waals surface area contributed by atoms with Crippen molar-refractivity contribution in [2.24, 2.45) is 5.92 Å². The van der Waals surface area contributed by atoms with Crippen LogP contribution < -0.4 is 10.1 Å². The van der Waals surface area contributed by atoms with E-state index >= 15 is 0 Å². The molecule has 2 aromatic heterocycles. The summed E-state index contributed by atoms with van der Waals surface area (Å²) in [7, 11) is 0. The number of hydrogen-bond donors (Lipinski definition) is 1. The molecule has 0 radical (unpaired) electrons. The second-order valence-electron chi connectivity index (χ2n) is 8.13. The Hall–Kier alpha value is -3.68. The zero-order valence-corrected chi connectivity index (χ0v) is 18.6. The van der Waals surface area contributed by atoms with E-state index < -0.39 is 0 Å². The first kappa shape index (κ1) is 22.5. The Morgan fingerprint density at radius 2 is 1.79 bits per heavy atom. The molecule has 2 amide bonds. The van der Waals surface area contributed by atoms with Gasteiger partial charge in [-0.25, -0.2) is 0 Å². The molecule has 1 fully saturated rings. The number of carbonyl (C=O) groups excluding carboxylic acids is 2. The first-order chi connectivity index (χ1) is 16.2. The average molecular weight is 448 g/mol. The van der Waals surface area contributed by atoms with E-state index in [1.807, 2.05) is 64.3 Å². The van der Waals surface area contributed by atoms with Crippen molar-refractivity contribution in [3.05, 3.63) is 72.7 Å². The number of ether oxygens (including phenoxy) is 1. The molecule has 172 valence electrons. The Labute approximate surface area is 193 Å². The number of rotatable bonds is 9. The quantitative estimate of drug-likeness (QED) is 0.544. The zero-order valence-electron chi connectivity index (χ0n) is 18.6. The van der Waals surface area contributed by atoms with Gasteiger partial charge in [-0.05, 0) is 49.1 Å². The maximum atomic E-state index is 12.7. The van der Waals surface area contributed by atoms with Crippen molar-refractivity contribution < 1.29 is 14.3 Å². The van der Waals surface area contributed by atoms with Crippen LogP contribution in [0.25, 0.3) is 0 Å². The predicted octanol–water partition coefficient (Wildman–Crippen LogP) is 3.17. The number of aryl methyl sites for hydroxylation is 2. The Kier molecular flexibility index (Phi) is 7.68. The minimum Gasteiger partial charge on any atom is -0.493 e. The molecule has 1 aliphatic heterocycles. The van der Waals surface area contributed by atoms with Crippen molar-refractivity contribution in [1.82, 2.24) is 19.7 Å². The molecule has 33 heavy (non-hydrogen) atoms. The molecular weight excluding hydrogens is 418 g/mol. The van der Waals surface area contributed by atoms with Gasteiger partial charge in [0.1, 0.15) is 5.75 Å². The number of hydrogen-bond acceptors (Lipinski definition) is 5. The molecule has 1 aromatic carbocycles. The molecule has 0 unspecified atom stereocenters. The molecule has 0 saturated carbocycles. The van der Waals surface area contributed by atoms with Gasteiger partial charge >= 0.3 is 0 Å². The molecule has 0 spiro atoms. The van der Waals surface area contributed by atoms with Crippen molar-refractivity contribution in [2.75, 3.05) is 25.0 Å². The number of likely N-dealkylation sites (tertiary alicyclic amines) is 1. The topological polar surface area (TPSA) is 89.4 Å². The molecular formula is C25H29N5O3. The van der Waals surface area contributed by atoms with E-state index in [0.29, 0.717) is 44.8 Å². The van der Waals surface area contributed by atoms with Gasteiger partial charge in [-0.15, -0.1) is 0 Å². The maximum absolute atomic E-state index is 12.7. The highest BCUT2D eigenvalue weighted by Crippen LogP contribution is 2.20. The van der Waals surface area contributed by atoms with Crippen LogP contribution in [0.2, 0.25) is 0 Å². The van der Waals surface area contributed by atoms with Crippen LogP contribution in [-0.4, -0.2) is 51.2 Å². The maximum Gasteiger partial charge on any atom is 0.228 e. The van der Waals surface area contributed by atoms with Gasteiger partial charge in [-0.3, -0.25) is 19.3 Å². The van der Waals surface area contributed by atoms with E-state index in [2.05, 4.69) is 15.4 Å². The summed E-state index contributed by atoms with van der Waals surface area (Å²) in [6, 6.07) is 15.3. The molecule has 8 heteroatoms. The molecule has 3 aromatic rings. The van der Waals surface area contributed by atoms with Crippen molar-refractivity contribution >= 4 is 17.6 Å². The van der Waals surface area contributed by atoms with Crippen molar-refractivity contribution in [3.63, 3.8) is 0 Å². The molecule has 3 heterocycles. The van der Waals surface area contributed by atoms with E-state index in [-0.39, 0.29) is 17.7 Å². The summed E-state index contributed by atoms with van der Waals surface area (Å²) in [5, 5.41) is 7.38. The smallest absolute Gasteiger partial charge is 0.228 e. The summed E-state index contributed by atoms with van der Waals surface area (Å²) in [6.45, 7) is 2.26. The molecule has 0 aliphatic carbocycles. The van der Waals surface area contributed by atoms with Crippen LogP contribution in [0.15, 0.2) is 67.1 Å². The number of nitrogens with one attached hydrogen (secondary N) is 1. The van der Waals surface area contributed by atoms with Crippen LogP contribution in [-0.2, 0) is 22.6 Å². The molecule has 0 atom stereocenters. The lowest BCUT2D eigenvalue weighted by Gasteiger charge is -2.31. The zero-order chi connectivity index (χ0) is 22.9. The summed E-state index contributed by atoms with van der Waals surface area (Å²) < 4.78 is 7.44. The molecule has 1 aliphatic rings. The van der Waals surface area contributed by atoms with Gasteiger partial charge < -0.3 is 15.0 Å². The highest BCUT2D eigenvalue weighted by atomic mass is 16.5. The van der Waals surface area contributed by atoms with E-state index in [1.165, 1.54) is 5.56 Å². The van der Waals surface area contributed by atoms with Crippen molar-refractivity contribution in [2.45, 2.75) is 32.2 Å². The third-order valence-electron chi connectivity index (χ3n) is 5.82. The second-order valence-corrected chi connectivity index (χ2v) is 8.13. The number of carbonyl (C=O) groups is 2. The van der Waals surface area contributed by atoms with Crippen LogP contribution in [0.4, 0.5) is 5.82 Å². The number of pyridine rings is 1. The van der Waals surface area contributed by atoms with Gasteiger partial charge in [-0.2, -0.15) is 5.10 Å². The van der Waals surface area contributed by atoms with E-state index in [1.54, 1.807) is 12.4 Å². The van der Waals surface area contributed by atoms with Gasteiger partial charge in [0.2, 0.25) is 11.8 Å². The number of benzene rings is 1. The number of para-hydroxylation sites is 1. The van der Waals surface area contributed by atoms with Gasteiger partial charge in [0, 0.05) is 50.2 Å². The number of aromatic nitrogens is 3. The fourth-order valence-electron chi connectivity index (χ4n) is 3.90. The van der Waals surface area contributed by atoms with Crippen LogP contribution in [0, 0.1) is 5.92 Å². The third-order valence-corrected chi connectivity index (χ3v) is 5.82. The molecule has 1 N–H and O–H groups in total. The van der Waals surface area contributed by atoms with Gasteiger partial charge in [0.25, 0.3) is 0 Å². The standard InChI is InChI=1S/C25H29N5O3/c31-24(12-19-33-22-4-2-1-3-5-22)29-15-9-21(10-16-29)25(32)27-23-11-18-30(28-23)17-8-20-6-13-26-14-7-20/h1-7,11,13-14,18,21H,8-10,12,15-17,19H2,(H,27,28,32). The van der Waals surface area contributed by atoms with Gasteiger partial charge in [0.15, 0.2) is 5.82 Å². The fraction of sp³-hybridized carbons (Fsp3) is 0.360. The SMILES string of the molecule is O=C(Nc1ccn(CCc2ccncc2)n1)C1CCN(C(=O)CCOc2ccccc2)CC1. The van der Waals surface area contributed by atoms with Crippen LogP contribution in [0.5, 0.6) is 5.75 Å². The summed E-state index contributed by atoms with van der Waals surface area (Å²) in [5.41, 5.74) is 1.19. The van der Waals surface area contributed by atoms with Gasteiger partial charge in [0.05, 0.1) is 13.0 Å². The Bertz CT molecular complexity index is 1030. The summed E-state index contributed by atoms with van der Waals surface area (Å²) >= 11 is 0. The normalized spacial score (nSPS) is 14.1. The first-order valence-electron chi connectivity index (χ1n) is 11.4. The largest absolute Gasteiger partial charge is 0.493 e. The minimum atomic E-state index is -0.114. The van der Waals surface area contributed by atoms with Crippen molar-refractivity contribution in [3.8, 4) is 5.75 Å². The number of piperidine rings is 1. The van der Waals surface area contributed by atoms with E-state index in [0.717, 1.165) is 18.7 Å². The number of nitrogens with zero attached hydrogens (tertiary/aromatic N) is 4. The fourth-order valence-corrected chi connectivity index (χ4v) is 3.90. The third kappa shape index (κ3) is 6.65. The van der Waals surface area contributed by atoms with E-state index in [4.69, 9.17) is 4.74 Å². The number of anilines is 1. The lowest BCUT2D eigenvalue weighted by molar-refractivity contribution is -0.135. The Morgan fingerprint density at radius 1 is 1.03 bits per heavy atom. The monoisotopic (exact) mass is 447 g/mol. The highest BCUT2D eigenvalue weighted by Gasteiger charge is 2.27. The lowest BCUT2D eigenvalue weighted by atomic mass is 9.95.